The summed E-state index contributed by atoms with van der Waals surface area (Å²) in [6, 6.07) is 6.67. The van der Waals surface area contributed by atoms with Gasteiger partial charge in [0.05, 0.1) is 6.20 Å². The van der Waals surface area contributed by atoms with Crippen LogP contribution in [0, 0.1) is 20.8 Å². The number of rotatable bonds is 6. The summed E-state index contributed by atoms with van der Waals surface area (Å²) in [4.78, 5) is 0. The Bertz CT molecular complexity index is 529. The number of aromatic amines is 1. The molecule has 1 aromatic heterocycles. The third-order valence-corrected chi connectivity index (χ3v) is 3.63. The van der Waals surface area contributed by atoms with Crippen LogP contribution in [0.15, 0.2) is 24.4 Å². The SMILES string of the molecule is Cc1ccc(CNCCCc2cn[nH]c2C)cc1C. The molecule has 3 heteroatoms. The van der Waals surface area contributed by atoms with Gasteiger partial charge in [0.15, 0.2) is 0 Å². The van der Waals surface area contributed by atoms with E-state index in [4.69, 9.17) is 0 Å². The average Bonchev–Trinajstić information content (AvgIpc) is 2.79. The smallest absolute Gasteiger partial charge is 0.0522 e. The van der Waals surface area contributed by atoms with Crippen molar-refractivity contribution in [2.45, 2.75) is 40.2 Å². The largest absolute Gasteiger partial charge is 0.313 e. The van der Waals surface area contributed by atoms with E-state index in [9.17, 15) is 0 Å². The minimum Gasteiger partial charge on any atom is -0.313 e. The van der Waals surface area contributed by atoms with Crippen molar-refractivity contribution in [1.29, 1.82) is 0 Å². The van der Waals surface area contributed by atoms with Gasteiger partial charge in [0.25, 0.3) is 0 Å². The molecule has 0 amide bonds. The summed E-state index contributed by atoms with van der Waals surface area (Å²) < 4.78 is 0. The van der Waals surface area contributed by atoms with Crippen molar-refractivity contribution in [3.05, 3.63) is 52.3 Å². The van der Waals surface area contributed by atoms with Crippen LogP contribution in [-0.4, -0.2) is 16.7 Å². The van der Waals surface area contributed by atoms with Crippen molar-refractivity contribution in [3.8, 4) is 0 Å². The van der Waals surface area contributed by atoms with Gasteiger partial charge in [-0.05, 0) is 62.4 Å². The molecule has 3 nitrogen and oxygen atoms in total. The average molecular weight is 257 g/mol. The molecule has 2 rings (SSSR count). The molecule has 0 spiro atoms. The maximum Gasteiger partial charge on any atom is 0.0522 e. The van der Waals surface area contributed by atoms with Gasteiger partial charge in [0.1, 0.15) is 0 Å². The van der Waals surface area contributed by atoms with E-state index in [2.05, 4.69) is 54.5 Å². The summed E-state index contributed by atoms with van der Waals surface area (Å²) in [5.41, 5.74) is 6.61. The van der Waals surface area contributed by atoms with E-state index in [1.807, 2.05) is 6.20 Å². The summed E-state index contributed by atoms with van der Waals surface area (Å²) in [6.45, 7) is 8.38. The van der Waals surface area contributed by atoms with Crippen LogP contribution in [0.3, 0.4) is 0 Å². The highest BCUT2D eigenvalue weighted by atomic mass is 15.1. The molecule has 2 N–H and O–H groups in total. The third-order valence-electron chi connectivity index (χ3n) is 3.63. The normalized spacial score (nSPS) is 10.9. The van der Waals surface area contributed by atoms with Gasteiger partial charge in [-0.15, -0.1) is 0 Å². The quantitative estimate of drug-likeness (QED) is 0.781. The lowest BCUT2D eigenvalue weighted by molar-refractivity contribution is 0.648. The lowest BCUT2D eigenvalue weighted by Gasteiger charge is -2.07. The maximum absolute atomic E-state index is 4.04. The van der Waals surface area contributed by atoms with Crippen LogP contribution in [0.25, 0.3) is 0 Å². The van der Waals surface area contributed by atoms with Crippen LogP contribution < -0.4 is 5.32 Å². The molecule has 2 aromatic rings. The highest BCUT2D eigenvalue weighted by Gasteiger charge is 2.00. The zero-order valence-corrected chi connectivity index (χ0v) is 12.1. The third kappa shape index (κ3) is 3.93. The molecule has 0 aliphatic heterocycles. The molecule has 0 saturated heterocycles. The van der Waals surface area contributed by atoms with E-state index >= 15 is 0 Å². The number of aromatic nitrogens is 2. The molecule has 0 aliphatic carbocycles. The van der Waals surface area contributed by atoms with E-state index in [-0.39, 0.29) is 0 Å². The molecule has 0 radical (unpaired) electrons. The van der Waals surface area contributed by atoms with Crippen molar-refractivity contribution >= 4 is 0 Å². The summed E-state index contributed by atoms with van der Waals surface area (Å²) in [5.74, 6) is 0. The summed E-state index contributed by atoms with van der Waals surface area (Å²) in [7, 11) is 0. The van der Waals surface area contributed by atoms with Crippen molar-refractivity contribution < 1.29 is 0 Å². The van der Waals surface area contributed by atoms with Gasteiger partial charge in [0, 0.05) is 12.2 Å². The number of nitrogens with one attached hydrogen (secondary N) is 2. The number of H-pyrrole nitrogens is 1. The fraction of sp³-hybridized carbons (Fsp3) is 0.438. The molecular weight excluding hydrogens is 234 g/mol. The number of benzene rings is 1. The molecule has 0 atom stereocenters. The summed E-state index contributed by atoms with van der Waals surface area (Å²) in [5, 5.41) is 10.5. The Labute approximate surface area is 115 Å². The first-order valence-corrected chi connectivity index (χ1v) is 6.92. The minimum absolute atomic E-state index is 0.950. The van der Waals surface area contributed by atoms with Gasteiger partial charge in [-0.3, -0.25) is 5.10 Å². The second-order valence-electron chi connectivity index (χ2n) is 5.22. The van der Waals surface area contributed by atoms with E-state index in [1.165, 1.54) is 27.9 Å². The maximum atomic E-state index is 4.04. The van der Waals surface area contributed by atoms with Crippen LogP contribution >= 0.6 is 0 Å². The van der Waals surface area contributed by atoms with Gasteiger partial charge < -0.3 is 5.32 Å². The van der Waals surface area contributed by atoms with Crippen LogP contribution in [0.5, 0.6) is 0 Å². The Morgan fingerprint density at radius 2 is 2.00 bits per heavy atom. The summed E-state index contributed by atoms with van der Waals surface area (Å²) >= 11 is 0. The molecule has 0 bridgehead atoms. The first kappa shape index (κ1) is 13.8. The Morgan fingerprint density at radius 1 is 1.16 bits per heavy atom. The minimum atomic E-state index is 0.950. The predicted molar refractivity (Wildman–Crippen MR) is 79.3 cm³/mol. The Balaban J connectivity index is 1.69. The molecule has 102 valence electrons. The second-order valence-corrected chi connectivity index (χ2v) is 5.22. The van der Waals surface area contributed by atoms with Gasteiger partial charge in [-0.25, -0.2) is 0 Å². The van der Waals surface area contributed by atoms with E-state index in [0.29, 0.717) is 0 Å². The van der Waals surface area contributed by atoms with E-state index in [1.54, 1.807) is 0 Å². The van der Waals surface area contributed by atoms with Crippen LogP contribution in [0.2, 0.25) is 0 Å². The van der Waals surface area contributed by atoms with E-state index < -0.39 is 0 Å². The van der Waals surface area contributed by atoms with Gasteiger partial charge in [-0.2, -0.15) is 5.10 Å². The molecule has 0 unspecified atom stereocenters. The first-order chi connectivity index (χ1) is 9.16. The number of nitrogens with zero attached hydrogens (tertiary/aromatic N) is 1. The zero-order chi connectivity index (χ0) is 13.7. The fourth-order valence-corrected chi connectivity index (χ4v) is 2.18. The van der Waals surface area contributed by atoms with Crippen LogP contribution in [0.4, 0.5) is 0 Å². The molecule has 1 aromatic carbocycles. The molecule has 0 aliphatic rings. The zero-order valence-electron chi connectivity index (χ0n) is 12.1. The lowest BCUT2D eigenvalue weighted by atomic mass is 10.1. The van der Waals surface area contributed by atoms with Crippen LogP contribution in [0.1, 0.15) is 34.4 Å². The topological polar surface area (TPSA) is 40.7 Å². The first-order valence-electron chi connectivity index (χ1n) is 6.92. The van der Waals surface area contributed by atoms with Crippen molar-refractivity contribution in [2.24, 2.45) is 0 Å². The fourth-order valence-electron chi connectivity index (χ4n) is 2.18. The highest BCUT2D eigenvalue weighted by molar-refractivity contribution is 5.29. The van der Waals surface area contributed by atoms with Gasteiger partial charge >= 0.3 is 0 Å². The van der Waals surface area contributed by atoms with Crippen molar-refractivity contribution in [2.75, 3.05) is 6.54 Å². The van der Waals surface area contributed by atoms with Crippen LogP contribution in [-0.2, 0) is 13.0 Å². The predicted octanol–water partition coefficient (Wildman–Crippen LogP) is 3.06. The standard InChI is InChI=1S/C16H23N3/c1-12-6-7-15(9-13(12)2)10-17-8-4-5-16-11-18-19-14(16)3/h6-7,9,11,17H,4-5,8,10H2,1-3H3,(H,18,19). The summed E-state index contributed by atoms with van der Waals surface area (Å²) in [6.07, 6.45) is 4.16. The Kier molecular flexibility index (Phi) is 4.74. The van der Waals surface area contributed by atoms with Crippen molar-refractivity contribution in [1.82, 2.24) is 15.5 Å². The molecular formula is C16H23N3. The molecule has 0 fully saturated rings. The number of hydrogen-bond acceptors (Lipinski definition) is 2. The Hall–Kier alpha value is -1.61. The Morgan fingerprint density at radius 3 is 2.68 bits per heavy atom. The number of hydrogen-bond donors (Lipinski definition) is 2. The van der Waals surface area contributed by atoms with E-state index in [0.717, 1.165) is 25.9 Å². The van der Waals surface area contributed by atoms with Gasteiger partial charge in [-0.1, -0.05) is 18.2 Å². The second kappa shape index (κ2) is 6.53. The number of aryl methyl sites for hydroxylation is 4. The molecule has 0 saturated carbocycles. The van der Waals surface area contributed by atoms with Gasteiger partial charge in [0.2, 0.25) is 0 Å². The van der Waals surface area contributed by atoms with Crippen molar-refractivity contribution in [3.63, 3.8) is 0 Å². The molecule has 1 heterocycles. The molecule has 19 heavy (non-hydrogen) atoms. The highest BCUT2D eigenvalue weighted by Crippen LogP contribution is 2.09. The monoisotopic (exact) mass is 257 g/mol. The lowest BCUT2D eigenvalue weighted by Crippen LogP contribution is -2.15.